The second kappa shape index (κ2) is 7.41. The van der Waals surface area contributed by atoms with Crippen LogP contribution in [-0.2, 0) is 6.42 Å². The van der Waals surface area contributed by atoms with Crippen LogP contribution < -0.4 is 11.3 Å². The average molecular weight is 323 g/mol. The predicted octanol–water partition coefficient (Wildman–Crippen LogP) is 3.40. The highest BCUT2D eigenvalue weighted by Crippen LogP contribution is 2.36. The molecule has 2 nitrogen and oxygen atoms in total. The van der Waals surface area contributed by atoms with Gasteiger partial charge in [0.2, 0.25) is 0 Å². The highest BCUT2D eigenvalue weighted by molar-refractivity contribution is 8.07. The quantitative estimate of drug-likeness (QED) is 0.643. The minimum Gasteiger partial charge on any atom is -0.271 e. The van der Waals surface area contributed by atoms with Gasteiger partial charge in [0.25, 0.3) is 0 Å². The van der Waals surface area contributed by atoms with Gasteiger partial charge in [-0.25, -0.2) is 0 Å². The zero-order valence-corrected chi connectivity index (χ0v) is 13.6. The standard InChI is InChI=1S/C12H19ClN2S3/c1-2-10-12(17-6-5-16-10)9(15-14)7-8-3-4-11(13)18-8/h3-4,9-10,12,15H,2,5-7,14H2,1H3. The first-order valence-electron chi connectivity index (χ1n) is 6.18. The lowest BCUT2D eigenvalue weighted by Gasteiger charge is -2.35. The first kappa shape index (κ1) is 15.0. The SMILES string of the molecule is CCC1SCCSC1C(Cc1ccc(Cl)s1)NN. The number of thioether (sulfide) groups is 2. The van der Waals surface area contributed by atoms with Gasteiger partial charge in [-0.05, 0) is 25.0 Å². The van der Waals surface area contributed by atoms with Crippen molar-refractivity contribution in [3.63, 3.8) is 0 Å². The van der Waals surface area contributed by atoms with Crippen LogP contribution in [0.25, 0.3) is 0 Å². The van der Waals surface area contributed by atoms with Crippen LogP contribution in [0.2, 0.25) is 4.34 Å². The highest BCUT2D eigenvalue weighted by atomic mass is 35.5. The van der Waals surface area contributed by atoms with Crippen molar-refractivity contribution in [3.05, 3.63) is 21.3 Å². The first-order valence-corrected chi connectivity index (χ1v) is 9.47. The molecule has 102 valence electrons. The van der Waals surface area contributed by atoms with Gasteiger partial charge < -0.3 is 0 Å². The molecule has 0 saturated carbocycles. The maximum absolute atomic E-state index is 5.99. The number of halogens is 1. The van der Waals surface area contributed by atoms with E-state index in [0.29, 0.717) is 16.5 Å². The van der Waals surface area contributed by atoms with Gasteiger partial charge in [-0.3, -0.25) is 11.3 Å². The summed E-state index contributed by atoms with van der Waals surface area (Å²) in [7, 11) is 0. The summed E-state index contributed by atoms with van der Waals surface area (Å²) < 4.78 is 0.860. The highest BCUT2D eigenvalue weighted by Gasteiger charge is 2.31. The average Bonchev–Trinajstić information content (AvgIpc) is 2.81. The van der Waals surface area contributed by atoms with Gasteiger partial charge in [-0.1, -0.05) is 18.5 Å². The largest absolute Gasteiger partial charge is 0.271 e. The molecule has 2 heterocycles. The van der Waals surface area contributed by atoms with Crippen molar-refractivity contribution >= 4 is 46.5 Å². The van der Waals surface area contributed by atoms with E-state index in [4.69, 9.17) is 17.4 Å². The van der Waals surface area contributed by atoms with Crippen molar-refractivity contribution in [1.82, 2.24) is 5.43 Å². The van der Waals surface area contributed by atoms with Crippen LogP contribution in [0.4, 0.5) is 0 Å². The summed E-state index contributed by atoms with van der Waals surface area (Å²) in [5, 5.41) is 1.31. The Kier molecular flexibility index (Phi) is 6.18. The minimum atomic E-state index is 0.336. The number of nitrogens with one attached hydrogen (secondary N) is 1. The Hall–Kier alpha value is 0.610. The molecule has 3 atom stereocenters. The molecule has 0 aliphatic carbocycles. The molecule has 1 aromatic heterocycles. The number of hydrogen-bond donors (Lipinski definition) is 2. The van der Waals surface area contributed by atoms with Crippen LogP contribution in [-0.4, -0.2) is 28.0 Å². The summed E-state index contributed by atoms with van der Waals surface area (Å²) in [6, 6.07) is 4.41. The van der Waals surface area contributed by atoms with Crippen molar-refractivity contribution in [2.24, 2.45) is 5.84 Å². The van der Waals surface area contributed by atoms with Gasteiger partial charge in [0.1, 0.15) is 0 Å². The molecule has 1 saturated heterocycles. The Morgan fingerprint density at radius 2 is 2.22 bits per heavy atom. The van der Waals surface area contributed by atoms with E-state index in [0.717, 1.165) is 10.8 Å². The van der Waals surface area contributed by atoms with Crippen molar-refractivity contribution in [3.8, 4) is 0 Å². The maximum Gasteiger partial charge on any atom is 0.0931 e. The van der Waals surface area contributed by atoms with Crippen molar-refractivity contribution in [2.45, 2.75) is 36.3 Å². The second-order valence-electron chi connectivity index (χ2n) is 4.34. The normalized spacial score (nSPS) is 26.2. The molecule has 0 bridgehead atoms. The monoisotopic (exact) mass is 322 g/mol. The number of nitrogens with two attached hydrogens (primary N) is 1. The fraction of sp³-hybridized carbons (Fsp3) is 0.667. The van der Waals surface area contributed by atoms with E-state index < -0.39 is 0 Å². The van der Waals surface area contributed by atoms with Gasteiger partial charge >= 0.3 is 0 Å². The zero-order valence-electron chi connectivity index (χ0n) is 10.4. The molecule has 2 rings (SSSR count). The molecule has 1 aliphatic heterocycles. The predicted molar refractivity (Wildman–Crippen MR) is 86.9 cm³/mol. The Morgan fingerprint density at radius 1 is 1.44 bits per heavy atom. The summed E-state index contributed by atoms with van der Waals surface area (Å²) >= 11 is 11.8. The molecule has 0 aromatic carbocycles. The van der Waals surface area contributed by atoms with E-state index in [1.54, 1.807) is 11.3 Å². The molecule has 0 spiro atoms. The van der Waals surface area contributed by atoms with E-state index in [1.165, 1.54) is 22.8 Å². The fourth-order valence-electron chi connectivity index (χ4n) is 2.26. The summed E-state index contributed by atoms with van der Waals surface area (Å²) in [5.41, 5.74) is 3.02. The van der Waals surface area contributed by atoms with E-state index >= 15 is 0 Å². The van der Waals surface area contributed by atoms with E-state index in [2.05, 4.69) is 41.9 Å². The van der Waals surface area contributed by atoms with Gasteiger partial charge in [0.15, 0.2) is 0 Å². The topological polar surface area (TPSA) is 38.0 Å². The Morgan fingerprint density at radius 3 is 2.83 bits per heavy atom. The van der Waals surface area contributed by atoms with Crippen LogP contribution in [0.15, 0.2) is 12.1 Å². The van der Waals surface area contributed by atoms with E-state index in [-0.39, 0.29) is 0 Å². The van der Waals surface area contributed by atoms with Gasteiger partial charge in [0, 0.05) is 32.9 Å². The summed E-state index contributed by atoms with van der Waals surface area (Å²) in [4.78, 5) is 1.31. The lowest BCUT2D eigenvalue weighted by Crippen LogP contribution is -2.49. The fourth-order valence-corrected chi connectivity index (χ4v) is 6.65. The molecule has 3 unspecified atom stereocenters. The third-order valence-corrected chi connectivity index (χ3v) is 7.82. The Bertz CT molecular complexity index is 372. The Labute approximate surface area is 126 Å². The van der Waals surface area contributed by atoms with E-state index in [9.17, 15) is 0 Å². The number of thiophene rings is 1. The Balaban J connectivity index is 2.02. The van der Waals surface area contributed by atoms with Crippen molar-refractivity contribution in [1.29, 1.82) is 0 Å². The zero-order chi connectivity index (χ0) is 13.0. The van der Waals surface area contributed by atoms with Gasteiger partial charge in [0.05, 0.1) is 4.34 Å². The third-order valence-electron chi connectivity index (χ3n) is 3.15. The second-order valence-corrected chi connectivity index (χ2v) is 8.77. The molecule has 1 fully saturated rings. The molecule has 3 N–H and O–H groups in total. The first-order chi connectivity index (χ1) is 8.74. The maximum atomic E-state index is 5.99. The minimum absolute atomic E-state index is 0.336. The van der Waals surface area contributed by atoms with Crippen molar-refractivity contribution < 1.29 is 0 Å². The summed E-state index contributed by atoms with van der Waals surface area (Å²) in [6.07, 6.45) is 2.19. The lowest BCUT2D eigenvalue weighted by molar-refractivity contribution is 0.493. The summed E-state index contributed by atoms with van der Waals surface area (Å²) in [5.74, 6) is 8.27. The molecular weight excluding hydrogens is 304 g/mol. The van der Waals surface area contributed by atoms with Crippen LogP contribution in [0.5, 0.6) is 0 Å². The summed E-state index contributed by atoms with van der Waals surface area (Å²) in [6.45, 7) is 2.27. The number of hydrogen-bond acceptors (Lipinski definition) is 5. The molecule has 18 heavy (non-hydrogen) atoms. The lowest BCUT2D eigenvalue weighted by atomic mass is 10.1. The molecule has 1 aromatic rings. The molecular formula is C12H19ClN2S3. The smallest absolute Gasteiger partial charge is 0.0931 e. The van der Waals surface area contributed by atoms with Crippen LogP contribution in [0.3, 0.4) is 0 Å². The molecule has 0 radical (unpaired) electrons. The van der Waals surface area contributed by atoms with E-state index in [1.807, 2.05) is 6.07 Å². The molecule has 6 heteroatoms. The van der Waals surface area contributed by atoms with Crippen molar-refractivity contribution in [2.75, 3.05) is 11.5 Å². The van der Waals surface area contributed by atoms with Crippen LogP contribution in [0.1, 0.15) is 18.2 Å². The van der Waals surface area contributed by atoms with Gasteiger partial charge in [-0.15, -0.1) is 11.3 Å². The molecule has 0 amide bonds. The molecule has 1 aliphatic rings. The third kappa shape index (κ3) is 3.81. The number of rotatable bonds is 5. The van der Waals surface area contributed by atoms with Crippen LogP contribution >= 0.6 is 46.5 Å². The van der Waals surface area contributed by atoms with Crippen LogP contribution in [0, 0.1) is 0 Å². The van der Waals surface area contributed by atoms with Gasteiger partial charge in [-0.2, -0.15) is 23.5 Å². The number of hydrazine groups is 1.